The average molecular weight is 298 g/mol. The summed E-state index contributed by atoms with van der Waals surface area (Å²) in [6.07, 6.45) is 3.64. The van der Waals surface area contributed by atoms with Crippen molar-refractivity contribution < 1.29 is 9.21 Å². The van der Waals surface area contributed by atoms with Crippen LogP contribution in [0.4, 0.5) is 0 Å². The third kappa shape index (κ3) is 2.14. The fourth-order valence-electron chi connectivity index (χ4n) is 2.94. The zero-order chi connectivity index (χ0) is 14.2. The van der Waals surface area contributed by atoms with Gasteiger partial charge in [-0.15, -0.1) is 11.3 Å². The molecule has 21 heavy (non-hydrogen) atoms. The standard InChI is InChI=1S/C16H14N2O2S/c19-16(11-5-6-12-15(9-11)21-10-17-12)18-7-1-3-13(18)14-4-2-8-20-14/h2,4-6,8-10,13H,1,3,7H2/t13-/m0/s1. The van der Waals surface area contributed by atoms with Crippen molar-refractivity contribution >= 4 is 27.5 Å². The zero-order valence-electron chi connectivity index (χ0n) is 11.4. The largest absolute Gasteiger partial charge is 0.467 e. The molecule has 0 radical (unpaired) electrons. The lowest BCUT2D eigenvalue weighted by Crippen LogP contribution is -2.30. The van der Waals surface area contributed by atoms with E-state index in [4.69, 9.17) is 4.42 Å². The Morgan fingerprint density at radius 3 is 3.19 bits per heavy atom. The van der Waals surface area contributed by atoms with Crippen LogP contribution in [0.1, 0.15) is 35.0 Å². The maximum absolute atomic E-state index is 12.8. The molecule has 0 spiro atoms. The highest BCUT2D eigenvalue weighted by atomic mass is 32.1. The Hall–Kier alpha value is -2.14. The summed E-state index contributed by atoms with van der Waals surface area (Å²) in [5, 5.41) is 0. The van der Waals surface area contributed by atoms with Gasteiger partial charge in [0.2, 0.25) is 0 Å². The van der Waals surface area contributed by atoms with Gasteiger partial charge in [0.05, 0.1) is 28.0 Å². The smallest absolute Gasteiger partial charge is 0.254 e. The molecule has 3 aromatic rings. The molecule has 3 heterocycles. The second kappa shape index (κ2) is 5.00. The number of amides is 1. The summed E-state index contributed by atoms with van der Waals surface area (Å²) in [6, 6.07) is 9.60. The maximum Gasteiger partial charge on any atom is 0.254 e. The van der Waals surface area contributed by atoms with Gasteiger partial charge in [-0.2, -0.15) is 0 Å². The van der Waals surface area contributed by atoms with Gasteiger partial charge in [-0.1, -0.05) is 0 Å². The molecule has 2 aromatic heterocycles. The molecule has 106 valence electrons. The van der Waals surface area contributed by atoms with Gasteiger partial charge in [-0.25, -0.2) is 4.98 Å². The average Bonchev–Trinajstić information content (AvgIpc) is 3.24. The molecule has 1 aliphatic heterocycles. The van der Waals surface area contributed by atoms with E-state index in [2.05, 4.69) is 4.98 Å². The minimum Gasteiger partial charge on any atom is -0.467 e. The van der Waals surface area contributed by atoms with Crippen LogP contribution in [0.3, 0.4) is 0 Å². The fraction of sp³-hybridized carbons (Fsp3) is 0.250. The number of benzene rings is 1. The zero-order valence-corrected chi connectivity index (χ0v) is 12.2. The van der Waals surface area contributed by atoms with E-state index in [0.29, 0.717) is 0 Å². The minimum absolute atomic E-state index is 0.0599. The first-order valence-electron chi connectivity index (χ1n) is 7.00. The summed E-state index contributed by atoms with van der Waals surface area (Å²) in [4.78, 5) is 19.0. The van der Waals surface area contributed by atoms with E-state index in [-0.39, 0.29) is 11.9 Å². The van der Waals surface area contributed by atoms with E-state index < -0.39 is 0 Å². The number of fused-ring (bicyclic) bond motifs is 1. The number of rotatable bonds is 2. The van der Waals surface area contributed by atoms with Gasteiger partial charge < -0.3 is 9.32 Å². The summed E-state index contributed by atoms with van der Waals surface area (Å²) in [7, 11) is 0. The molecule has 0 N–H and O–H groups in total. The molecule has 1 fully saturated rings. The van der Waals surface area contributed by atoms with E-state index in [1.165, 1.54) is 0 Å². The number of hydrogen-bond donors (Lipinski definition) is 0. The Morgan fingerprint density at radius 1 is 1.38 bits per heavy atom. The molecule has 1 aliphatic rings. The number of hydrogen-bond acceptors (Lipinski definition) is 4. The van der Waals surface area contributed by atoms with Crippen molar-refractivity contribution in [1.29, 1.82) is 0 Å². The van der Waals surface area contributed by atoms with Gasteiger partial charge >= 0.3 is 0 Å². The molecule has 5 heteroatoms. The molecule has 1 saturated heterocycles. The van der Waals surface area contributed by atoms with E-state index in [0.717, 1.165) is 40.9 Å². The Bertz CT molecular complexity index is 779. The molecular formula is C16H14N2O2S. The number of nitrogens with zero attached hydrogens (tertiary/aromatic N) is 2. The highest BCUT2D eigenvalue weighted by Crippen LogP contribution is 2.33. The SMILES string of the molecule is O=C(c1ccc2ncsc2c1)N1CCC[C@H]1c1ccco1. The van der Waals surface area contributed by atoms with Crippen molar-refractivity contribution in [3.05, 3.63) is 53.4 Å². The second-order valence-electron chi connectivity index (χ2n) is 5.21. The fourth-order valence-corrected chi connectivity index (χ4v) is 3.66. The van der Waals surface area contributed by atoms with Gasteiger partial charge in [-0.3, -0.25) is 4.79 Å². The first kappa shape index (κ1) is 12.6. The highest BCUT2D eigenvalue weighted by Gasteiger charge is 2.32. The summed E-state index contributed by atoms with van der Waals surface area (Å²) < 4.78 is 6.54. The van der Waals surface area contributed by atoms with Gasteiger partial charge in [0, 0.05) is 12.1 Å². The molecule has 0 unspecified atom stereocenters. The maximum atomic E-state index is 12.8. The number of carbonyl (C=O) groups excluding carboxylic acids is 1. The summed E-state index contributed by atoms with van der Waals surface area (Å²) in [6.45, 7) is 0.783. The van der Waals surface area contributed by atoms with Crippen molar-refractivity contribution in [2.75, 3.05) is 6.54 Å². The molecular weight excluding hydrogens is 284 g/mol. The van der Waals surface area contributed by atoms with Crippen LogP contribution < -0.4 is 0 Å². The highest BCUT2D eigenvalue weighted by molar-refractivity contribution is 7.16. The lowest BCUT2D eigenvalue weighted by atomic mass is 10.1. The quantitative estimate of drug-likeness (QED) is 0.721. The van der Waals surface area contributed by atoms with Crippen LogP contribution in [-0.4, -0.2) is 22.3 Å². The number of furan rings is 1. The van der Waals surface area contributed by atoms with Gasteiger partial charge in [0.1, 0.15) is 5.76 Å². The van der Waals surface area contributed by atoms with E-state index in [1.54, 1.807) is 23.1 Å². The summed E-state index contributed by atoms with van der Waals surface area (Å²) in [5.41, 5.74) is 3.48. The van der Waals surface area contributed by atoms with Gasteiger partial charge in [0.15, 0.2) is 0 Å². The molecule has 4 nitrogen and oxygen atoms in total. The third-order valence-corrected chi connectivity index (χ3v) is 4.76. The number of carbonyl (C=O) groups is 1. The first-order chi connectivity index (χ1) is 10.3. The van der Waals surface area contributed by atoms with E-state index >= 15 is 0 Å². The van der Waals surface area contributed by atoms with Crippen LogP contribution in [0.2, 0.25) is 0 Å². The Balaban J connectivity index is 1.66. The van der Waals surface area contributed by atoms with Gasteiger partial charge in [0.25, 0.3) is 5.91 Å². The van der Waals surface area contributed by atoms with Crippen LogP contribution >= 0.6 is 11.3 Å². The molecule has 0 bridgehead atoms. The Kier molecular flexibility index (Phi) is 3.00. The van der Waals surface area contributed by atoms with Crippen molar-refractivity contribution in [2.45, 2.75) is 18.9 Å². The van der Waals surface area contributed by atoms with Crippen molar-refractivity contribution in [3.8, 4) is 0 Å². The predicted molar refractivity (Wildman–Crippen MR) is 81.3 cm³/mol. The molecule has 0 saturated carbocycles. The van der Waals surface area contributed by atoms with Crippen molar-refractivity contribution in [2.24, 2.45) is 0 Å². The lowest BCUT2D eigenvalue weighted by Gasteiger charge is -2.23. The molecule has 1 aromatic carbocycles. The molecule has 1 amide bonds. The number of likely N-dealkylation sites (tertiary alicyclic amines) is 1. The van der Waals surface area contributed by atoms with E-state index in [9.17, 15) is 4.79 Å². The van der Waals surface area contributed by atoms with Crippen molar-refractivity contribution in [3.63, 3.8) is 0 Å². The van der Waals surface area contributed by atoms with Crippen LogP contribution in [0, 0.1) is 0 Å². The van der Waals surface area contributed by atoms with Gasteiger partial charge in [-0.05, 0) is 43.2 Å². The number of aromatic nitrogens is 1. The lowest BCUT2D eigenvalue weighted by molar-refractivity contribution is 0.0720. The Labute approximate surface area is 126 Å². The van der Waals surface area contributed by atoms with Crippen LogP contribution in [0.15, 0.2) is 46.5 Å². The molecule has 0 aliphatic carbocycles. The first-order valence-corrected chi connectivity index (χ1v) is 7.88. The van der Waals surface area contributed by atoms with Crippen LogP contribution in [0.5, 0.6) is 0 Å². The summed E-state index contributed by atoms with van der Waals surface area (Å²) >= 11 is 1.56. The minimum atomic E-state index is 0.0599. The molecule has 1 atom stereocenters. The normalized spacial score (nSPS) is 18.5. The van der Waals surface area contributed by atoms with Crippen LogP contribution in [-0.2, 0) is 0 Å². The van der Waals surface area contributed by atoms with Crippen molar-refractivity contribution in [1.82, 2.24) is 9.88 Å². The second-order valence-corrected chi connectivity index (χ2v) is 6.09. The topological polar surface area (TPSA) is 46.3 Å². The van der Waals surface area contributed by atoms with E-state index in [1.807, 2.05) is 35.2 Å². The van der Waals surface area contributed by atoms with Crippen LogP contribution in [0.25, 0.3) is 10.2 Å². The predicted octanol–water partition coefficient (Wildman–Crippen LogP) is 3.87. The number of thiazole rings is 1. The third-order valence-electron chi connectivity index (χ3n) is 3.96. The molecule has 4 rings (SSSR count). The Morgan fingerprint density at radius 2 is 2.33 bits per heavy atom. The monoisotopic (exact) mass is 298 g/mol. The summed E-state index contributed by atoms with van der Waals surface area (Å²) in [5.74, 6) is 0.948.